The highest BCUT2D eigenvalue weighted by Crippen LogP contribution is 2.30. The van der Waals surface area contributed by atoms with Gasteiger partial charge >= 0.3 is 0 Å². The van der Waals surface area contributed by atoms with E-state index < -0.39 is 23.5 Å². The van der Waals surface area contributed by atoms with E-state index in [1.807, 2.05) is 0 Å². The molecule has 0 amide bonds. The molecule has 0 fully saturated rings. The summed E-state index contributed by atoms with van der Waals surface area (Å²) in [6, 6.07) is 5.01. The molecule has 2 aromatic rings. The Kier molecular flexibility index (Phi) is 3.74. The monoisotopic (exact) mass is 283 g/mol. The summed E-state index contributed by atoms with van der Waals surface area (Å²) in [6.07, 6.45) is 0. The number of anilines is 1. The predicted molar refractivity (Wildman–Crippen MR) is 68.1 cm³/mol. The van der Waals surface area contributed by atoms with Crippen molar-refractivity contribution in [2.45, 2.75) is 13.0 Å². The molecule has 0 heterocycles. The van der Waals surface area contributed by atoms with Gasteiger partial charge in [-0.3, -0.25) is 0 Å². The predicted octanol–water partition coefficient (Wildman–Crippen LogP) is 3.69. The van der Waals surface area contributed by atoms with Crippen molar-refractivity contribution in [2.75, 3.05) is 5.32 Å². The fraction of sp³-hybridized carbons (Fsp3) is 0.143. The fourth-order valence-electron chi connectivity index (χ4n) is 1.86. The Morgan fingerprint density at radius 3 is 2.20 bits per heavy atom. The van der Waals surface area contributed by atoms with Crippen molar-refractivity contribution < 1.29 is 23.4 Å². The summed E-state index contributed by atoms with van der Waals surface area (Å²) >= 11 is 0. The van der Waals surface area contributed by atoms with E-state index >= 15 is 0 Å². The highest BCUT2D eigenvalue weighted by atomic mass is 19.2. The Balaban J connectivity index is 2.27. The third-order valence-electron chi connectivity index (χ3n) is 2.84. The van der Waals surface area contributed by atoms with Crippen LogP contribution in [-0.4, -0.2) is 10.2 Å². The minimum Gasteiger partial charge on any atom is -0.508 e. The van der Waals surface area contributed by atoms with Gasteiger partial charge < -0.3 is 15.5 Å². The molecular weight excluding hydrogens is 271 g/mol. The molecule has 1 unspecified atom stereocenters. The average molecular weight is 283 g/mol. The zero-order chi connectivity index (χ0) is 14.9. The van der Waals surface area contributed by atoms with Crippen LogP contribution >= 0.6 is 0 Å². The molecule has 3 nitrogen and oxygen atoms in total. The average Bonchev–Trinajstić information content (AvgIpc) is 2.38. The van der Waals surface area contributed by atoms with Crippen LogP contribution in [0.3, 0.4) is 0 Å². The summed E-state index contributed by atoms with van der Waals surface area (Å²) in [5.74, 6) is -4.28. The number of phenols is 2. The molecular formula is C14H12F3NO2. The van der Waals surface area contributed by atoms with Gasteiger partial charge in [0.2, 0.25) is 0 Å². The van der Waals surface area contributed by atoms with Gasteiger partial charge in [-0.25, -0.2) is 13.2 Å². The van der Waals surface area contributed by atoms with E-state index in [-0.39, 0.29) is 17.2 Å². The molecule has 0 radical (unpaired) electrons. The molecule has 0 bridgehead atoms. The first-order valence-corrected chi connectivity index (χ1v) is 5.81. The summed E-state index contributed by atoms with van der Waals surface area (Å²) in [5, 5.41) is 21.8. The first-order valence-electron chi connectivity index (χ1n) is 5.81. The number of phenolic OH excluding ortho intramolecular Hbond substituents is 2. The molecule has 2 rings (SSSR count). The van der Waals surface area contributed by atoms with Gasteiger partial charge in [-0.15, -0.1) is 0 Å². The normalized spacial score (nSPS) is 12.2. The van der Waals surface area contributed by atoms with Crippen molar-refractivity contribution in [1.82, 2.24) is 0 Å². The van der Waals surface area contributed by atoms with Crippen LogP contribution in [0.2, 0.25) is 0 Å². The minimum absolute atomic E-state index is 0.0247. The molecule has 0 saturated carbocycles. The summed E-state index contributed by atoms with van der Waals surface area (Å²) in [7, 11) is 0. The molecule has 20 heavy (non-hydrogen) atoms. The second-order valence-corrected chi connectivity index (χ2v) is 4.36. The quantitative estimate of drug-likeness (QED) is 0.595. The van der Waals surface area contributed by atoms with Crippen LogP contribution in [-0.2, 0) is 0 Å². The van der Waals surface area contributed by atoms with Gasteiger partial charge in [-0.2, -0.15) is 0 Å². The van der Waals surface area contributed by atoms with Gasteiger partial charge in [0.05, 0.1) is 6.04 Å². The Hall–Kier alpha value is -2.37. The van der Waals surface area contributed by atoms with E-state index in [9.17, 15) is 23.4 Å². The van der Waals surface area contributed by atoms with Gasteiger partial charge in [-0.05, 0) is 25.1 Å². The molecule has 6 heteroatoms. The number of aromatic hydroxyl groups is 2. The van der Waals surface area contributed by atoms with Gasteiger partial charge in [0.1, 0.15) is 11.5 Å². The molecule has 0 aliphatic heterocycles. The maximum atomic E-state index is 13.1. The highest BCUT2D eigenvalue weighted by Gasteiger charge is 2.15. The van der Waals surface area contributed by atoms with Crippen molar-refractivity contribution in [1.29, 1.82) is 0 Å². The first kappa shape index (κ1) is 14.0. The zero-order valence-corrected chi connectivity index (χ0v) is 10.5. The third-order valence-corrected chi connectivity index (χ3v) is 2.84. The van der Waals surface area contributed by atoms with Crippen molar-refractivity contribution in [3.8, 4) is 11.5 Å². The smallest absolute Gasteiger partial charge is 0.194 e. The van der Waals surface area contributed by atoms with E-state index in [2.05, 4.69) is 5.32 Å². The molecule has 0 aromatic heterocycles. The summed E-state index contributed by atoms with van der Waals surface area (Å²) in [5.41, 5.74) is 0.367. The van der Waals surface area contributed by atoms with Crippen molar-refractivity contribution in [3.05, 3.63) is 53.3 Å². The second-order valence-electron chi connectivity index (χ2n) is 4.36. The lowest BCUT2D eigenvalue weighted by Crippen LogP contribution is -2.08. The van der Waals surface area contributed by atoms with Crippen LogP contribution < -0.4 is 5.32 Å². The SMILES string of the molecule is CC(Nc1cc(F)c(F)c(F)c1)c1cc(O)ccc1O. The van der Waals surface area contributed by atoms with Crippen LogP contribution in [0, 0.1) is 17.5 Å². The van der Waals surface area contributed by atoms with Gasteiger partial charge in [0.15, 0.2) is 17.5 Å². The van der Waals surface area contributed by atoms with Crippen molar-refractivity contribution in [2.24, 2.45) is 0 Å². The fourth-order valence-corrected chi connectivity index (χ4v) is 1.86. The zero-order valence-electron chi connectivity index (χ0n) is 10.5. The van der Waals surface area contributed by atoms with Gasteiger partial charge in [0, 0.05) is 23.4 Å². The maximum absolute atomic E-state index is 13.1. The van der Waals surface area contributed by atoms with E-state index in [0.717, 1.165) is 12.1 Å². The first-order chi connectivity index (χ1) is 9.38. The van der Waals surface area contributed by atoms with Gasteiger partial charge in [-0.1, -0.05) is 0 Å². The van der Waals surface area contributed by atoms with Crippen LogP contribution in [0.1, 0.15) is 18.5 Å². The Morgan fingerprint density at radius 2 is 1.60 bits per heavy atom. The van der Waals surface area contributed by atoms with Crippen molar-refractivity contribution >= 4 is 5.69 Å². The van der Waals surface area contributed by atoms with E-state index in [4.69, 9.17) is 0 Å². The highest BCUT2D eigenvalue weighted by molar-refractivity contribution is 5.49. The second kappa shape index (κ2) is 5.32. The number of hydrogen-bond acceptors (Lipinski definition) is 3. The molecule has 2 aromatic carbocycles. The van der Waals surface area contributed by atoms with Crippen LogP contribution in [0.5, 0.6) is 11.5 Å². The standard InChI is InChI=1S/C14H12F3NO2/c1-7(10-6-9(19)2-3-13(10)20)18-8-4-11(15)14(17)12(16)5-8/h2-7,18-20H,1H3. The lowest BCUT2D eigenvalue weighted by atomic mass is 10.1. The molecule has 0 saturated heterocycles. The summed E-state index contributed by atoms with van der Waals surface area (Å²) < 4.78 is 39.0. The molecule has 1 atom stereocenters. The summed E-state index contributed by atoms with van der Waals surface area (Å²) in [6.45, 7) is 1.62. The lowest BCUT2D eigenvalue weighted by molar-refractivity contribution is 0.447. The molecule has 0 spiro atoms. The topological polar surface area (TPSA) is 52.5 Å². The van der Waals surface area contributed by atoms with E-state index in [1.165, 1.54) is 18.2 Å². The Bertz CT molecular complexity index is 623. The molecule has 0 aliphatic rings. The van der Waals surface area contributed by atoms with Crippen LogP contribution in [0.4, 0.5) is 18.9 Å². The number of halogens is 3. The maximum Gasteiger partial charge on any atom is 0.194 e. The summed E-state index contributed by atoms with van der Waals surface area (Å²) in [4.78, 5) is 0. The minimum atomic E-state index is -1.54. The molecule has 106 valence electrons. The number of benzene rings is 2. The van der Waals surface area contributed by atoms with E-state index in [1.54, 1.807) is 6.92 Å². The van der Waals surface area contributed by atoms with Crippen LogP contribution in [0.15, 0.2) is 30.3 Å². The molecule has 3 N–H and O–H groups in total. The van der Waals surface area contributed by atoms with Crippen LogP contribution in [0.25, 0.3) is 0 Å². The van der Waals surface area contributed by atoms with Crippen molar-refractivity contribution in [3.63, 3.8) is 0 Å². The van der Waals surface area contributed by atoms with Gasteiger partial charge in [0.25, 0.3) is 0 Å². The number of hydrogen-bond donors (Lipinski definition) is 3. The molecule has 0 aliphatic carbocycles. The Labute approximate surface area is 113 Å². The lowest BCUT2D eigenvalue weighted by Gasteiger charge is -2.17. The number of rotatable bonds is 3. The third kappa shape index (κ3) is 2.79. The number of nitrogens with one attached hydrogen (secondary N) is 1. The largest absolute Gasteiger partial charge is 0.508 e. The van der Waals surface area contributed by atoms with E-state index in [0.29, 0.717) is 5.56 Å². The Morgan fingerprint density at radius 1 is 1.00 bits per heavy atom.